The Morgan fingerprint density at radius 2 is 2.00 bits per heavy atom. The fourth-order valence-electron chi connectivity index (χ4n) is 1.70. The lowest BCUT2D eigenvalue weighted by Crippen LogP contribution is -2.12. The number of nitrogens with zero attached hydrogens (tertiary/aromatic N) is 1. The zero-order chi connectivity index (χ0) is 11.8. The molecule has 1 heterocycles. The second kappa shape index (κ2) is 6.81. The van der Waals surface area contributed by atoms with E-state index in [0.717, 1.165) is 19.4 Å². The highest BCUT2D eigenvalue weighted by Crippen LogP contribution is 2.04. The molecule has 17 heavy (non-hydrogen) atoms. The van der Waals surface area contributed by atoms with Crippen molar-refractivity contribution < 1.29 is 4.74 Å². The average molecular weight is 227 g/mol. The molecular formula is C15H17NO. The minimum absolute atomic E-state index is 0.0146. The van der Waals surface area contributed by atoms with Crippen molar-refractivity contribution in [2.75, 3.05) is 6.61 Å². The first kappa shape index (κ1) is 11.8. The van der Waals surface area contributed by atoms with E-state index in [1.165, 1.54) is 5.56 Å². The minimum atomic E-state index is 0.0146. The van der Waals surface area contributed by atoms with Crippen LogP contribution in [0.4, 0.5) is 0 Å². The maximum Gasteiger partial charge on any atom is 0.111 e. The van der Waals surface area contributed by atoms with Crippen molar-refractivity contribution in [2.24, 2.45) is 4.99 Å². The summed E-state index contributed by atoms with van der Waals surface area (Å²) in [5.41, 5.74) is 1.36. The van der Waals surface area contributed by atoms with E-state index in [4.69, 9.17) is 4.74 Å². The topological polar surface area (TPSA) is 21.6 Å². The SMILES string of the molecule is C1=CN=CC(OCCCc2ccccc2)C=C1. The predicted octanol–water partition coefficient (Wildman–Crippen LogP) is 3.16. The van der Waals surface area contributed by atoms with Gasteiger partial charge in [0.15, 0.2) is 0 Å². The van der Waals surface area contributed by atoms with Gasteiger partial charge in [-0.25, -0.2) is 0 Å². The zero-order valence-electron chi connectivity index (χ0n) is 9.83. The third-order valence-electron chi connectivity index (χ3n) is 2.58. The molecule has 0 saturated carbocycles. The lowest BCUT2D eigenvalue weighted by molar-refractivity contribution is 0.127. The molecule has 2 rings (SSSR count). The molecule has 0 bridgehead atoms. The van der Waals surface area contributed by atoms with Crippen molar-refractivity contribution in [1.29, 1.82) is 0 Å². The zero-order valence-corrected chi connectivity index (χ0v) is 9.83. The number of benzene rings is 1. The third kappa shape index (κ3) is 4.37. The Hall–Kier alpha value is -1.67. The molecule has 0 spiro atoms. The first-order chi connectivity index (χ1) is 8.45. The van der Waals surface area contributed by atoms with Gasteiger partial charge in [-0.1, -0.05) is 42.5 Å². The molecule has 0 fully saturated rings. The molecule has 1 aromatic carbocycles. The Kier molecular flexibility index (Phi) is 4.73. The van der Waals surface area contributed by atoms with Crippen LogP contribution in [0.5, 0.6) is 0 Å². The molecule has 0 aliphatic carbocycles. The first-order valence-corrected chi connectivity index (χ1v) is 5.97. The molecule has 88 valence electrons. The van der Waals surface area contributed by atoms with E-state index < -0.39 is 0 Å². The van der Waals surface area contributed by atoms with Crippen LogP contribution in [0.25, 0.3) is 0 Å². The number of hydrogen-bond donors (Lipinski definition) is 0. The van der Waals surface area contributed by atoms with Crippen LogP contribution in [0.15, 0.2) is 59.8 Å². The Balaban J connectivity index is 1.67. The number of ether oxygens (including phenoxy) is 1. The molecule has 1 aliphatic heterocycles. The molecule has 1 aromatic rings. The van der Waals surface area contributed by atoms with Crippen molar-refractivity contribution in [2.45, 2.75) is 18.9 Å². The largest absolute Gasteiger partial charge is 0.368 e. The van der Waals surface area contributed by atoms with Crippen molar-refractivity contribution in [3.63, 3.8) is 0 Å². The van der Waals surface area contributed by atoms with Crippen LogP contribution >= 0.6 is 0 Å². The van der Waals surface area contributed by atoms with E-state index in [1.54, 1.807) is 6.20 Å². The van der Waals surface area contributed by atoms with Crippen LogP contribution in [-0.4, -0.2) is 18.9 Å². The maximum absolute atomic E-state index is 5.71. The van der Waals surface area contributed by atoms with Gasteiger partial charge in [-0.2, -0.15) is 0 Å². The molecule has 1 atom stereocenters. The van der Waals surface area contributed by atoms with Crippen LogP contribution in [-0.2, 0) is 11.2 Å². The van der Waals surface area contributed by atoms with Crippen LogP contribution in [0.1, 0.15) is 12.0 Å². The molecule has 2 heteroatoms. The quantitative estimate of drug-likeness (QED) is 0.708. The molecule has 0 radical (unpaired) electrons. The smallest absolute Gasteiger partial charge is 0.111 e. The minimum Gasteiger partial charge on any atom is -0.368 e. The maximum atomic E-state index is 5.71. The summed E-state index contributed by atoms with van der Waals surface area (Å²) in [5, 5.41) is 0. The Bertz CT molecular complexity index is 390. The third-order valence-corrected chi connectivity index (χ3v) is 2.58. The molecule has 2 nitrogen and oxygen atoms in total. The average Bonchev–Trinajstić information content (AvgIpc) is 2.65. The summed E-state index contributed by atoms with van der Waals surface area (Å²) in [4.78, 5) is 4.10. The van der Waals surface area contributed by atoms with Crippen molar-refractivity contribution in [3.05, 3.63) is 60.3 Å². The van der Waals surface area contributed by atoms with E-state index in [2.05, 4.69) is 29.3 Å². The standard InChI is InChI=1S/C15H17NO/c1-2-7-14(8-3-1)9-6-12-17-15-10-4-5-11-16-13-15/h1-5,7-8,10-11,13,15H,6,9,12H2. The van der Waals surface area contributed by atoms with Crippen molar-refractivity contribution >= 4 is 6.21 Å². The number of hydrogen-bond acceptors (Lipinski definition) is 2. The fourth-order valence-corrected chi connectivity index (χ4v) is 1.70. The van der Waals surface area contributed by atoms with Crippen LogP contribution in [0.2, 0.25) is 0 Å². The second-order valence-corrected chi connectivity index (χ2v) is 3.95. The van der Waals surface area contributed by atoms with Gasteiger partial charge in [0.05, 0.1) is 0 Å². The number of aryl methyl sites for hydroxylation is 1. The molecule has 0 N–H and O–H groups in total. The molecule has 0 aromatic heterocycles. The van der Waals surface area contributed by atoms with Gasteiger partial charge in [0.2, 0.25) is 0 Å². The Morgan fingerprint density at radius 1 is 1.12 bits per heavy atom. The van der Waals surface area contributed by atoms with Gasteiger partial charge in [-0.05, 0) is 24.5 Å². The monoisotopic (exact) mass is 227 g/mol. The highest BCUT2D eigenvalue weighted by molar-refractivity contribution is 5.67. The number of aliphatic imine (C=N–C) groups is 1. The van der Waals surface area contributed by atoms with Crippen LogP contribution in [0.3, 0.4) is 0 Å². The van der Waals surface area contributed by atoms with E-state index in [-0.39, 0.29) is 6.10 Å². The summed E-state index contributed by atoms with van der Waals surface area (Å²) in [6, 6.07) is 10.5. The summed E-state index contributed by atoms with van der Waals surface area (Å²) in [7, 11) is 0. The van der Waals surface area contributed by atoms with Gasteiger partial charge in [0, 0.05) is 19.0 Å². The van der Waals surface area contributed by atoms with Gasteiger partial charge in [0.25, 0.3) is 0 Å². The molecule has 1 aliphatic rings. The molecule has 0 amide bonds. The summed E-state index contributed by atoms with van der Waals surface area (Å²) in [6.45, 7) is 0.760. The van der Waals surface area contributed by atoms with E-state index >= 15 is 0 Å². The molecular weight excluding hydrogens is 210 g/mol. The summed E-state index contributed by atoms with van der Waals surface area (Å²) in [6.07, 6.45) is 11.6. The Labute approximate surface area is 102 Å². The summed E-state index contributed by atoms with van der Waals surface area (Å²) < 4.78 is 5.71. The van der Waals surface area contributed by atoms with Crippen LogP contribution < -0.4 is 0 Å². The Morgan fingerprint density at radius 3 is 2.88 bits per heavy atom. The lowest BCUT2D eigenvalue weighted by atomic mass is 10.1. The predicted molar refractivity (Wildman–Crippen MR) is 71.3 cm³/mol. The summed E-state index contributed by atoms with van der Waals surface area (Å²) in [5.74, 6) is 0. The highest BCUT2D eigenvalue weighted by Gasteiger charge is 2.01. The lowest BCUT2D eigenvalue weighted by Gasteiger charge is -2.08. The number of rotatable bonds is 5. The normalized spacial score (nSPS) is 18.2. The van der Waals surface area contributed by atoms with Crippen molar-refractivity contribution in [1.82, 2.24) is 0 Å². The van der Waals surface area contributed by atoms with Gasteiger partial charge in [-0.3, -0.25) is 4.99 Å². The second-order valence-electron chi connectivity index (χ2n) is 3.95. The van der Waals surface area contributed by atoms with Gasteiger partial charge in [0.1, 0.15) is 6.10 Å². The van der Waals surface area contributed by atoms with E-state index in [9.17, 15) is 0 Å². The van der Waals surface area contributed by atoms with Crippen LogP contribution in [0, 0.1) is 0 Å². The fraction of sp³-hybridized carbons (Fsp3) is 0.267. The molecule has 1 unspecified atom stereocenters. The van der Waals surface area contributed by atoms with E-state index in [1.807, 2.05) is 30.5 Å². The van der Waals surface area contributed by atoms with E-state index in [0.29, 0.717) is 0 Å². The van der Waals surface area contributed by atoms with Gasteiger partial charge in [-0.15, -0.1) is 0 Å². The first-order valence-electron chi connectivity index (χ1n) is 5.97. The van der Waals surface area contributed by atoms with Gasteiger partial charge < -0.3 is 4.74 Å². The number of allylic oxidation sites excluding steroid dienone is 2. The molecule has 0 saturated heterocycles. The summed E-state index contributed by atoms with van der Waals surface area (Å²) >= 11 is 0. The highest BCUT2D eigenvalue weighted by atomic mass is 16.5. The van der Waals surface area contributed by atoms with Gasteiger partial charge >= 0.3 is 0 Å². The van der Waals surface area contributed by atoms with Crippen molar-refractivity contribution in [3.8, 4) is 0 Å².